The van der Waals surface area contributed by atoms with Crippen LogP contribution in [0.2, 0.25) is 0 Å². The van der Waals surface area contributed by atoms with E-state index in [0.717, 1.165) is 10.7 Å². The van der Waals surface area contributed by atoms with Gasteiger partial charge in [-0.05, 0) is 25.2 Å². The van der Waals surface area contributed by atoms with Crippen LogP contribution in [0.1, 0.15) is 21.0 Å². The number of rotatable bonds is 6. The molecule has 1 saturated heterocycles. The van der Waals surface area contributed by atoms with Gasteiger partial charge in [-0.15, -0.1) is 11.3 Å². The Hall–Kier alpha value is -2.06. The van der Waals surface area contributed by atoms with E-state index in [1.54, 1.807) is 12.3 Å². The molecule has 0 saturated carbocycles. The molecule has 0 aromatic carbocycles. The molecule has 128 valence electrons. The monoisotopic (exact) mass is 349 g/mol. The number of anilines is 1. The Morgan fingerprint density at radius 2 is 2.33 bits per heavy atom. The summed E-state index contributed by atoms with van der Waals surface area (Å²) in [5.41, 5.74) is 5.29. The van der Waals surface area contributed by atoms with Crippen molar-refractivity contribution >= 4 is 23.1 Å². The zero-order chi connectivity index (χ0) is 17.1. The molecule has 1 aliphatic heterocycles. The number of nitrogens with zero attached hydrogens (tertiary/aromatic N) is 4. The normalized spacial score (nSPS) is 20.7. The molecule has 0 radical (unpaired) electrons. The molecule has 2 N–H and O–H groups in total. The number of carbonyl (C=O) groups excluding carboxylic acids is 1. The third-order valence-corrected chi connectivity index (χ3v) is 5.16. The number of amides is 1. The van der Waals surface area contributed by atoms with Gasteiger partial charge < -0.3 is 10.6 Å². The van der Waals surface area contributed by atoms with Gasteiger partial charge in [0.15, 0.2) is 0 Å². The Balaban J connectivity index is 1.63. The van der Waals surface area contributed by atoms with Crippen molar-refractivity contribution in [3.8, 4) is 0 Å². The number of halogens is 1. The lowest BCUT2D eigenvalue weighted by atomic mass is 10.2. The van der Waals surface area contributed by atoms with E-state index >= 15 is 0 Å². The molecule has 2 aromatic rings. The standard InChI is InChI=1S/C16H20FN5OS/c1-21(9-13-2-3-14(24-13)16(18)23)8-12-6-11(17)7-22(12)15-4-5-19-10-20-15/h2-5,10-12H,6-9H2,1H3,(H2,18,23)/t11-,12-/m0/s1. The third kappa shape index (κ3) is 3.88. The number of primary amides is 1. The summed E-state index contributed by atoms with van der Waals surface area (Å²) in [6.45, 7) is 1.78. The molecule has 1 amide bonds. The zero-order valence-electron chi connectivity index (χ0n) is 13.4. The summed E-state index contributed by atoms with van der Waals surface area (Å²) < 4.78 is 13.9. The maximum Gasteiger partial charge on any atom is 0.258 e. The number of carbonyl (C=O) groups is 1. The fourth-order valence-electron chi connectivity index (χ4n) is 3.05. The van der Waals surface area contributed by atoms with Crippen molar-refractivity contribution in [1.82, 2.24) is 14.9 Å². The predicted molar refractivity (Wildman–Crippen MR) is 91.8 cm³/mol. The van der Waals surface area contributed by atoms with Gasteiger partial charge in [-0.2, -0.15) is 0 Å². The van der Waals surface area contributed by atoms with Gasteiger partial charge >= 0.3 is 0 Å². The van der Waals surface area contributed by atoms with E-state index in [1.165, 1.54) is 17.7 Å². The first-order chi connectivity index (χ1) is 11.5. The second-order valence-corrected chi connectivity index (χ2v) is 7.20. The molecule has 6 nitrogen and oxygen atoms in total. The Bertz CT molecular complexity index is 695. The molecule has 2 atom stereocenters. The lowest BCUT2D eigenvalue weighted by molar-refractivity contribution is 0.100. The Morgan fingerprint density at radius 3 is 3.00 bits per heavy atom. The molecular formula is C16H20FN5OS. The maximum absolute atomic E-state index is 13.9. The van der Waals surface area contributed by atoms with E-state index in [-0.39, 0.29) is 6.04 Å². The SMILES string of the molecule is CN(Cc1ccc(C(N)=O)s1)C[C@@H]1C[C@H](F)CN1c1ccncn1. The molecule has 0 bridgehead atoms. The Kier molecular flexibility index (Phi) is 5.06. The topological polar surface area (TPSA) is 75.3 Å². The van der Waals surface area contributed by atoms with Crippen molar-refractivity contribution < 1.29 is 9.18 Å². The van der Waals surface area contributed by atoms with E-state index in [4.69, 9.17) is 5.73 Å². The summed E-state index contributed by atoms with van der Waals surface area (Å²) in [6, 6.07) is 5.53. The van der Waals surface area contributed by atoms with Crippen LogP contribution in [0.5, 0.6) is 0 Å². The van der Waals surface area contributed by atoms with Gasteiger partial charge in [0, 0.05) is 36.6 Å². The van der Waals surface area contributed by atoms with Crippen molar-refractivity contribution in [2.45, 2.75) is 25.2 Å². The fraction of sp³-hybridized carbons (Fsp3) is 0.438. The van der Waals surface area contributed by atoms with Gasteiger partial charge in [0.05, 0.1) is 11.4 Å². The Morgan fingerprint density at radius 1 is 1.50 bits per heavy atom. The van der Waals surface area contributed by atoms with Crippen LogP contribution in [-0.2, 0) is 6.54 Å². The first-order valence-corrected chi connectivity index (χ1v) is 8.58. The van der Waals surface area contributed by atoms with E-state index in [1.807, 2.05) is 24.1 Å². The minimum Gasteiger partial charge on any atom is -0.365 e. The molecule has 8 heteroatoms. The molecule has 1 aliphatic rings. The van der Waals surface area contributed by atoms with E-state index in [0.29, 0.717) is 30.9 Å². The van der Waals surface area contributed by atoms with Crippen LogP contribution in [0.4, 0.5) is 10.2 Å². The maximum atomic E-state index is 13.9. The van der Waals surface area contributed by atoms with Crippen LogP contribution in [0.15, 0.2) is 30.7 Å². The molecule has 3 rings (SSSR count). The third-order valence-electron chi connectivity index (χ3n) is 4.08. The molecule has 24 heavy (non-hydrogen) atoms. The summed E-state index contributed by atoms with van der Waals surface area (Å²) in [5.74, 6) is 0.357. The highest BCUT2D eigenvalue weighted by Gasteiger charge is 2.33. The lowest BCUT2D eigenvalue weighted by Gasteiger charge is -2.28. The molecule has 0 unspecified atom stereocenters. The largest absolute Gasteiger partial charge is 0.365 e. The second-order valence-electron chi connectivity index (χ2n) is 6.03. The van der Waals surface area contributed by atoms with Crippen LogP contribution in [-0.4, -0.2) is 53.1 Å². The smallest absolute Gasteiger partial charge is 0.258 e. The summed E-state index contributed by atoms with van der Waals surface area (Å²) in [7, 11) is 1.99. The summed E-state index contributed by atoms with van der Waals surface area (Å²) in [6.07, 6.45) is 2.80. The molecule has 3 heterocycles. The first-order valence-electron chi connectivity index (χ1n) is 7.76. The summed E-state index contributed by atoms with van der Waals surface area (Å²) in [4.78, 5) is 25.1. The highest BCUT2D eigenvalue weighted by atomic mass is 32.1. The summed E-state index contributed by atoms with van der Waals surface area (Å²) in [5, 5.41) is 0. The quantitative estimate of drug-likeness (QED) is 0.859. The van der Waals surface area contributed by atoms with Crippen LogP contribution in [0.25, 0.3) is 0 Å². The Labute approximate surface area is 144 Å². The number of aromatic nitrogens is 2. The van der Waals surface area contributed by atoms with Gasteiger partial charge in [-0.1, -0.05) is 0 Å². The lowest BCUT2D eigenvalue weighted by Crippen LogP contribution is -2.39. The summed E-state index contributed by atoms with van der Waals surface area (Å²) >= 11 is 1.40. The first kappa shape index (κ1) is 16.8. The number of hydrogen-bond donors (Lipinski definition) is 1. The molecule has 1 fully saturated rings. The van der Waals surface area contributed by atoms with Gasteiger partial charge in [0.25, 0.3) is 5.91 Å². The fourth-order valence-corrected chi connectivity index (χ4v) is 3.99. The average Bonchev–Trinajstić information content (AvgIpc) is 3.15. The van der Waals surface area contributed by atoms with Gasteiger partial charge in [-0.3, -0.25) is 9.69 Å². The highest BCUT2D eigenvalue weighted by molar-refractivity contribution is 7.14. The van der Waals surface area contributed by atoms with Gasteiger partial charge in [0.2, 0.25) is 0 Å². The van der Waals surface area contributed by atoms with E-state index < -0.39 is 12.1 Å². The number of hydrogen-bond acceptors (Lipinski definition) is 6. The second kappa shape index (κ2) is 7.23. The van der Waals surface area contributed by atoms with Gasteiger partial charge in [-0.25, -0.2) is 14.4 Å². The molecule has 2 aromatic heterocycles. The zero-order valence-corrected chi connectivity index (χ0v) is 14.2. The predicted octanol–water partition coefficient (Wildman–Crippen LogP) is 1.69. The van der Waals surface area contributed by atoms with Crippen LogP contribution in [0, 0.1) is 0 Å². The van der Waals surface area contributed by atoms with Crippen molar-refractivity contribution in [1.29, 1.82) is 0 Å². The van der Waals surface area contributed by atoms with E-state index in [2.05, 4.69) is 14.9 Å². The van der Waals surface area contributed by atoms with Crippen LogP contribution in [0.3, 0.4) is 0 Å². The molecule has 0 aliphatic carbocycles. The molecule has 0 spiro atoms. The average molecular weight is 349 g/mol. The minimum absolute atomic E-state index is 0.0653. The van der Waals surface area contributed by atoms with Crippen molar-refractivity contribution in [3.63, 3.8) is 0 Å². The number of nitrogens with two attached hydrogens (primary N) is 1. The number of alkyl halides is 1. The minimum atomic E-state index is -0.846. The van der Waals surface area contributed by atoms with Crippen molar-refractivity contribution in [2.24, 2.45) is 5.73 Å². The van der Waals surface area contributed by atoms with Crippen LogP contribution < -0.4 is 10.6 Å². The van der Waals surface area contributed by atoms with E-state index in [9.17, 15) is 9.18 Å². The van der Waals surface area contributed by atoms with Crippen LogP contribution >= 0.6 is 11.3 Å². The van der Waals surface area contributed by atoms with Crippen molar-refractivity contribution in [2.75, 3.05) is 25.0 Å². The van der Waals surface area contributed by atoms with Crippen molar-refractivity contribution in [3.05, 3.63) is 40.5 Å². The number of thiophene rings is 1. The van der Waals surface area contributed by atoms with Gasteiger partial charge in [0.1, 0.15) is 18.3 Å². The molecular weight excluding hydrogens is 329 g/mol. The number of likely N-dealkylation sites (N-methyl/N-ethyl adjacent to an activating group) is 1. The highest BCUT2D eigenvalue weighted by Crippen LogP contribution is 2.26.